The highest BCUT2D eigenvalue weighted by atomic mass is 15.0. The van der Waals surface area contributed by atoms with E-state index >= 15 is 0 Å². The molecule has 6 heteroatoms. The molecular weight excluding hydrogens is 384 g/mol. The van der Waals surface area contributed by atoms with Crippen molar-refractivity contribution in [1.82, 2.24) is 19.5 Å². The summed E-state index contributed by atoms with van der Waals surface area (Å²) >= 11 is 0. The van der Waals surface area contributed by atoms with E-state index in [-0.39, 0.29) is 0 Å². The van der Waals surface area contributed by atoms with E-state index in [1.54, 1.807) is 0 Å². The van der Waals surface area contributed by atoms with E-state index in [1.807, 2.05) is 68.4 Å². The van der Waals surface area contributed by atoms with Crippen molar-refractivity contribution in [2.45, 2.75) is 13.8 Å². The molecule has 5 rings (SSSR count). The van der Waals surface area contributed by atoms with Gasteiger partial charge in [0.15, 0.2) is 5.82 Å². The highest BCUT2D eigenvalue weighted by molar-refractivity contribution is 6.09. The molecule has 0 amide bonds. The Balaban J connectivity index is 1.79. The maximum absolute atomic E-state index is 9.88. The normalized spacial score (nSPS) is 10.8. The van der Waals surface area contributed by atoms with E-state index < -0.39 is 0 Å². The van der Waals surface area contributed by atoms with Gasteiger partial charge in [-0.2, -0.15) is 10.5 Å². The van der Waals surface area contributed by atoms with Crippen LogP contribution in [0.4, 0.5) is 0 Å². The zero-order valence-corrected chi connectivity index (χ0v) is 17.0. The highest BCUT2D eigenvalue weighted by Crippen LogP contribution is 2.33. The number of hydrogen-bond acceptors (Lipinski definition) is 5. The number of nitrogens with zero attached hydrogens (tertiary/aromatic N) is 6. The standard InChI is InChI=1S/C25H16N6/c1-15-28-16(2)30-25(29-15)20-10-8-19(12-18(20)14-27)31-23-6-4-3-5-21(23)22-9-7-17(13-26)11-24(22)31/h3-12H,1-2H3. The first-order valence-corrected chi connectivity index (χ1v) is 9.76. The zero-order chi connectivity index (χ0) is 21.5. The number of nitriles is 2. The average Bonchev–Trinajstić information content (AvgIpc) is 3.11. The van der Waals surface area contributed by atoms with E-state index in [2.05, 4.69) is 37.7 Å². The summed E-state index contributed by atoms with van der Waals surface area (Å²) in [5.41, 5.74) is 4.50. The first-order chi connectivity index (χ1) is 15.1. The van der Waals surface area contributed by atoms with Gasteiger partial charge in [0.05, 0.1) is 34.3 Å². The lowest BCUT2D eigenvalue weighted by molar-refractivity contribution is 0.928. The van der Waals surface area contributed by atoms with Crippen LogP contribution in [-0.2, 0) is 0 Å². The zero-order valence-electron chi connectivity index (χ0n) is 17.0. The second-order valence-corrected chi connectivity index (χ2v) is 7.29. The second-order valence-electron chi connectivity index (χ2n) is 7.29. The maximum atomic E-state index is 9.88. The van der Waals surface area contributed by atoms with E-state index in [0.29, 0.717) is 34.2 Å². The third-order valence-electron chi connectivity index (χ3n) is 5.28. The van der Waals surface area contributed by atoms with Crippen LogP contribution in [0.3, 0.4) is 0 Å². The van der Waals surface area contributed by atoms with E-state index in [9.17, 15) is 10.5 Å². The van der Waals surface area contributed by atoms with Crippen LogP contribution in [0, 0.1) is 36.5 Å². The van der Waals surface area contributed by atoms with Crippen molar-refractivity contribution in [2.75, 3.05) is 0 Å². The highest BCUT2D eigenvalue weighted by Gasteiger charge is 2.16. The Bertz CT molecular complexity index is 1560. The minimum Gasteiger partial charge on any atom is -0.309 e. The Labute approximate surface area is 178 Å². The molecule has 0 saturated carbocycles. The molecule has 31 heavy (non-hydrogen) atoms. The van der Waals surface area contributed by atoms with Crippen molar-refractivity contribution in [3.05, 3.63) is 83.4 Å². The van der Waals surface area contributed by atoms with E-state index in [1.165, 1.54) is 0 Å². The van der Waals surface area contributed by atoms with Crippen LogP contribution in [0.1, 0.15) is 22.8 Å². The van der Waals surface area contributed by atoms with Gasteiger partial charge in [0.25, 0.3) is 0 Å². The lowest BCUT2D eigenvalue weighted by atomic mass is 10.1. The fourth-order valence-electron chi connectivity index (χ4n) is 4.01. The molecule has 2 aromatic heterocycles. The number of hydrogen-bond donors (Lipinski definition) is 0. The molecular formula is C25H16N6. The monoisotopic (exact) mass is 400 g/mol. The SMILES string of the molecule is Cc1nc(C)nc(-c2ccc(-n3c4ccccc4c4ccc(C#N)cc43)cc2C#N)n1. The Morgan fingerprint density at radius 3 is 2.23 bits per heavy atom. The van der Waals surface area contributed by atoms with Gasteiger partial charge in [-0.1, -0.05) is 24.3 Å². The predicted octanol–water partition coefficient (Wildman–Crippen LogP) is 5.00. The first kappa shape index (κ1) is 18.5. The summed E-state index contributed by atoms with van der Waals surface area (Å²) in [7, 11) is 0. The number of benzene rings is 3. The fourth-order valence-corrected chi connectivity index (χ4v) is 4.01. The van der Waals surface area contributed by atoms with Crippen LogP contribution < -0.4 is 0 Å². The molecule has 0 aliphatic carbocycles. The van der Waals surface area contributed by atoms with Crippen LogP contribution in [0.25, 0.3) is 38.9 Å². The minimum atomic E-state index is 0.477. The Hall–Kier alpha value is -4.55. The molecule has 2 heterocycles. The smallest absolute Gasteiger partial charge is 0.164 e. The van der Waals surface area contributed by atoms with Crippen LogP contribution in [0.2, 0.25) is 0 Å². The molecule has 0 unspecified atom stereocenters. The molecule has 0 N–H and O–H groups in total. The van der Waals surface area contributed by atoms with Crippen molar-refractivity contribution < 1.29 is 0 Å². The van der Waals surface area contributed by atoms with Gasteiger partial charge in [-0.25, -0.2) is 15.0 Å². The van der Waals surface area contributed by atoms with Crippen LogP contribution >= 0.6 is 0 Å². The summed E-state index contributed by atoms with van der Waals surface area (Å²) in [6.07, 6.45) is 0. The van der Waals surface area contributed by atoms with Crippen LogP contribution in [0.5, 0.6) is 0 Å². The molecule has 6 nitrogen and oxygen atoms in total. The topological polar surface area (TPSA) is 91.2 Å². The Morgan fingerprint density at radius 1 is 0.742 bits per heavy atom. The molecule has 0 bridgehead atoms. The maximum Gasteiger partial charge on any atom is 0.164 e. The van der Waals surface area contributed by atoms with Gasteiger partial charge in [-0.05, 0) is 50.2 Å². The number of fused-ring (bicyclic) bond motifs is 3. The third-order valence-corrected chi connectivity index (χ3v) is 5.28. The molecule has 146 valence electrons. The van der Waals surface area contributed by atoms with Gasteiger partial charge < -0.3 is 4.57 Å². The molecule has 5 aromatic rings. The lowest BCUT2D eigenvalue weighted by Gasteiger charge is -2.11. The number of para-hydroxylation sites is 1. The molecule has 3 aromatic carbocycles. The summed E-state index contributed by atoms with van der Waals surface area (Å²) in [5.74, 6) is 1.71. The first-order valence-electron chi connectivity index (χ1n) is 9.76. The summed E-state index contributed by atoms with van der Waals surface area (Å²) in [4.78, 5) is 13.0. The van der Waals surface area contributed by atoms with Gasteiger partial charge >= 0.3 is 0 Å². The quantitative estimate of drug-likeness (QED) is 0.416. The van der Waals surface area contributed by atoms with Gasteiger partial charge in [0, 0.05) is 22.0 Å². The van der Waals surface area contributed by atoms with Crippen molar-refractivity contribution in [3.8, 4) is 29.2 Å². The van der Waals surface area contributed by atoms with Gasteiger partial charge in [0.1, 0.15) is 11.6 Å². The van der Waals surface area contributed by atoms with Gasteiger partial charge in [-0.3, -0.25) is 0 Å². The van der Waals surface area contributed by atoms with Crippen molar-refractivity contribution in [1.29, 1.82) is 10.5 Å². The average molecular weight is 400 g/mol. The molecule has 0 radical (unpaired) electrons. The third kappa shape index (κ3) is 2.99. The Kier molecular flexibility index (Phi) is 4.20. The number of rotatable bonds is 2. The number of aromatic nitrogens is 4. The number of aryl methyl sites for hydroxylation is 2. The summed E-state index contributed by atoms with van der Waals surface area (Å²) in [6, 6.07) is 24.0. The molecule has 0 atom stereocenters. The lowest BCUT2D eigenvalue weighted by Crippen LogP contribution is -2.01. The fraction of sp³-hybridized carbons (Fsp3) is 0.0800. The summed E-state index contributed by atoms with van der Waals surface area (Å²) in [6.45, 7) is 3.62. The largest absolute Gasteiger partial charge is 0.309 e. The van der Waals surface area contributed by atoms with Crippen LogP contribution in [0.15, 0.2) is 60.7 Å². The van der Waals surface area contributed by atoms with E-state index in [0.717, 1.165) is 27.5 Å². The molecule has 0 aliphatic rings. The molecule has 0 saturated heterocycles. The summed E-state index contributed by atoms with van der Waals surface area (Å²) in [5, 5.41) is 21.4. The van der Waals surface area contributed by atoms with Crippen molar-refractivity contribution in [2.24, 2.45) is 0 Å². The van der Waals surface area contributed by atoms with Crippen molar-refractivity contribution in [3.63, 3.8) is 0 Å². The second kappa shape index (κ2) is 7.05. The predicted molar refractivity (Wildman–Crippen MR) is 119 cm³/mol. The van der Waals surface area contributed by atoms with Crippen LogP contribution in [-0.4, -0.2) is 19.5 Å². The minimum absolute atomic E-state index is 0.477. The van der Waals surface area contributed by atoms with Gasteiger partial charge in [0.2, 0.25) is 0 Å². The molecule has 0 aliphatic heterocycles. The van der Waals surface area contributed by atoms with E-state index in [4.69, 9.17) is 0 Å². The Morgan fingerprint density at radius 2 is 1.48 bits per heavy atom. The van der Waals surface area contributed by atoms with Gasteiger partial charge in [-0.15, -0.1) is 0 Å². The summed E-state index contributed by atoms with van der Waals surface area (Å²) < 4.78 is 2.08. The molecule has 0 spiro atoms. The molecule has 0 fully saturated rings. The van der Waals surface area contributed by atoms with Crippen molar-refractivity contribution >= 4 is 21.8 Å².